The first-order chi connectivity index (χ1) is 15.0. The van der Waals surface area contributed by atoms with E-state index in [1.54, 1.807) is 18.2 Å². The highest BCUT2D eigenvalue weighted by Crippen LogP contribution is 2.44. The molecular weight excluding hydrogens is 393 g/mol. The zero-order valence-corrected chi connectivity index (χ0v) is 17.4. The molecular formula is C26H22FNO3. The van der Waals surface area contributed by atoms with Crippen molar-refractivity contribution in [2.75, 3.05) is 6.73 Å². The Hall–Kier alpha value is -3.44. The van der Waals surface area contributed by atoms with Crippen molar-refractivity contribution in [3.05, 3.63) is 99.6 Å². The van der Waals surface area contributed by atoms with Gasteiger partial charge in [-0.05, 0) is 54.8 Å². The second-order valence-corrected chi connectivity index (χ2v) is 8.12. The van der Waals surface area contributed by atoms with Gasteiger partial charge in [0.1, 0.15) is 24.0 Å². The maximum absolute atomic E-state index is 13.2. The number of ketones is 1. The largest absolute Gasteiger partial charge is 0.478 e. The Morgan fingerprint density at radius 1 is 1.10 bits per heavy atom. The number of Topliss-reactive ketones (excluding diaryl/α,β-unsaturated/α-hetero) is 1. The molecule has 0 bridgehead atoms. The summed E-state index contributed by atoms with van der Waals surface area (Å²) in [6.45, 7) is 5.54. The summed E-state index contributed by atoms with van der Waals surface area (Å²) < 4.78 is 25.3. The molecule has 3 aromatic rings. The summed E-state index contributed by atoms with van der Waals surface area (Å²) in [6, 6.07) is 16.3. The van der Waals surface area contributed by atoms with Gasteiger partial charge in [-0.3, -0.25) is 9.69 Å². The minimum absolute atomic E-state index is 0.104. The van der Waals surface area contributed by atoms with Gasteiger partial charge in [0, 0.05) is 13.1 Å². The number of rotatable bonds is 3. The van der Waals surface area contributed by atoms with Crippen molar-refractivity contribution < 1.29 is 18.7 Å². The number of nitrogens with zero attached hydrogens (tertiary/aromatic N) is 1. The van der Waals surface area contributed by atoms with Crippen molar-refractivity contribution in [3.8, 4) is 11.5 Å². The molecule has 0 saturated heterocycles. The third-order valence-electron chi connectivity index (χ3n) is 5.65. The first kappa shape index (κ1) is 19.5. The van der Waals surface area contributed by atoms with Crippen LogP contribution in [-0.2, 0) is 13.1 Å². The maximum Gasteiger partial charge on any atom is 0.232 e. The predicted molar refractivity (Wildman–Crippen MR) is 116 cm³/mol. The van der Waals surface area contributed by atoms with E-state index < -0.39 is 0 Å². The van der Waals surface area contributed by atoms with Gasteiger partial charge in [0.2, 0.25) is 5.78 Å². The third kappa shape index (κ3) is 3.73. The van der Waals surface area contributed by atoms with E-state index in [4.69, 9.17) is 9.47 Å². The molecule has 0 fully saturated rings. The van der Waals surface area contributed by atoms with Crippen LogP contribution in [-0.4, -0.2) is 17.4 Å². The molecule has 0 amide bonds. The van der Waals surface area contributed by atoms with E-state index in [1.165, 1.54) is 12.1 Å². The highest BCUT2D eigenvalue weighted by molar-refractivity contribution is 6.15. The van der Waals surface area contributed by atoms with Crippen LogP contribution in [0.3, 0.4) is 0 Å². The maximum atomic E-state index is 13.2. The molecule has 0 spiro atoms. The number of hydrogen-bond donors (Lipinski definition) is 0. The van der Waals surface area contributed by atoms with Crippen molar-refractivity contribution in [1.82, 2.24) is 4.90 Å². The van der Waals surface area contributed by atoms with Crippen LogP contribution in [0.2, 0.25) is 0 Å². The predicted octanol–water partition coefficient (Wildman–Crippen LogP) is 5.41. The van der Waals surface area contributed by atoms with Gasteiger partial charge in [-0.2, -0.15) is 0 Å². The van der Waals surface area contributed by atoms with Gasteiger partial charge in [0.05, 0.1) is 11.1 Å². The Morgan fingerprint density at radius 2 is 1.90 bits per heavy atom. The van der Waals surface area contributed by atoms with Crippen LogP contribution in [0, 0.1) is 19.7 Å². The smallest absolute Gasteiger partial charge is 0.232 e. The molecule has 0 aliphatic carbocycles. The standard InChI is InChI=1S/C26H22FNO3/c1-16-4-3-5-19(10-16)12-23-25(29)24-17(2)11-22-21(26(24)31-23)14-28(15-30-22)13-18-6-8-20(27)9-7-18/h3-12H,13-15H2,1-2H3/b23-12-. The molecule has 0 atom stereocenters. The summed E-state index contributed by atoms with van der Waals surface area (Å²) in [4.78, 5) is 15.2. The van der Waals surface area contributed by atoms with Crippen LogP contribution >= 0.6 is 0 Å². The van der Waals surface area contributed by atoms with E-state index in [2.05, 4.69) is 4.90 Å². The molecule has 0 radical (unpaired) electrons. The fourth-order valence-corrected chi connectivity index (χ4v) is 4.14. The Balaban J connectivity index is 1.46. The summed E-state index contributed by atoms with van der Waals surface area (Å²) in [5.41, 5.74) is 5.36. The highest BCUT2D eigenvalue weighted by atomic mass is 19.1. The average molecular weight is 415 g/mol. The molecule has 31 heavy (non-hydrogen) atoms. The molecule has 3 aromatic carbocycles. The molecule has 4 nitrogen and oxygen atoms in total. The van der Waals surface area contributed by atoms with E-state index in [9.17, 15) is 9.18 Å². The van der Waals surface area contributed by atoms with Crippen LogP contribution < -0.4 is 9.47 Å². The van der Waals surface area contributed by atoms with Crippen molar-refractivity contribution in [2.45, 2.75) is 26.9 Å². The van der Waals surface area contributed by atoms with Crippen molar-refractivity contribution in [1.29, 1.82) is 0 Å². The summed E-state index contributed by atoms with van der Waals surface area (Å²) in [7, 11) is 0. The van der Waals surface area contributed by atoms with E-state index in [0.717, 1.165) is 33.6 Å². The minimum atomic E-state index is -0.253. The van der Waals surface area contributed by atoms with E-state index in [0.29, 0.717) is 36.9 Å². The molecule has 2 heterocycles. The third-order valence-corrected chi connectivity index (χ3v) is 5.65. The van der Waals surface area contributed by atoms with Crippen molar-refractivity contribution >= 4 is 11.9 Å². The molecule has 0 aromatic heterocycles. The summed E-state index contributed by atoms with van der Waals surface area (Å²) in [5.74, 6) is 1.30. The molecule has 0 saturated carbocycles. The number of aryl methyl sites for hydroxylation is 2. The molecule has 0 unspecified atom stereocenters. The second kappa shape index (κ2) is 7.67. The lowest BCUT2D eigenvalue weighted by atomic mass is 9.98. The Labute approximate surface area is 180 Å². The van der Waals surface area contributed by atoms with Gasteiger partial charge >= 0.3 is 0 Å². The summed E-state index contributed by atoms with van der Waals surface area (Å²) in [5, 5.41) is 0. The molecule has 5 rings (SSSR count). The normalized spacial score (nSPS) is 16.6. The quantitative estimate of drug-likeness (QED) is 0.536. The Bertz CT molecular complexity index is 1210. The number of carbonyl (C=O) groups excluding carboxylic acids is 1. The van der Waals surface area contributed by atoms with Gasteiger partial charge in [-0.1, -0.05) is 42.0 Å². The first-order valence-corrected chi connectivity index (χ1v) is 10.2. The SMILES string of the molecule is Cc1cccc(/C=C2\Oc3c4c(cc(C)c3C2=O)OCN(Cc2ccc(F)cc2)C4)c1. The number of benzene rings is 3. The number of carbonyl (C=O) groups is 1. The zero-order valence-electron chi connectivity index (χ0n) is 17.4. The van der Waals surface area contributed by atoms with E-state index in [1.807, 2.05) is 44.2 Å². The number of hydrogen-bond acceptors (Lipinski definition) is 4. The first-order valence-electron chi connectivity index (χ1n) is 10.2. The number of fused-ring (bicyclic) bond motifs is 3. The van der Waals surface area contributed by atoms with Gasteiger partial charge in [0.15, 0.2) is 5.76 Å². The minimum Gasteiger partial charge on any atom is -0.478 e. The lowest BCUT2D eigenvalue weighted by molar-refractivity contribution is 0.0872. The molecule has 2 aliphatic rings. The van der Waals surface area contributed by atoms with Gasteiger partial charge < -0.3 is 9.47 Å². The lowest BCUT2D eigenvalue weighted by Gasteiger charge is -2.30. The monoisotopic (exact) mass is 415 g/mol. The van der Waals surface area contributed by atoms with Crippen LogP contribution in [0.15, 0.2) is 60.4 Å². The Morgan fingerprint density at radius 3 is 2.68 bits per heavy atom. The topological polar surface area (TPSA) is 38.8 Å². The molecule has 5 heteroatoms. The van der Waals surface area contributed by atoms with Crippen LogP contribution in [0.5, 0.6) is 11.5 Å². The highest BCUT2D eigenvalue weighted by Gasteiger charge is 2.35. The molecule has 0 N–H and O–H groups in total. The van der Waals surface area contributed by atoms with Crippen LogP contribution in [0.1, 0.15) is 38.2 Å². The number of allylic oxidation sites excluding steroid dienone is 1. The molecule has 156 valence electrons. The van der Waals surface area contributed by atoms with Gasteiger partial charge in [-0.25, -0.2) is 4.39 Å². The number of halogens is 1. The van der Waals surface area contributed by atoms with E-state index in [-0.39, 0.29) is 11.6 Å². The fraction of sp³-hybridized carbons (Fsp3) is 0.192. The van der Waals surface area contributed by atoms with Gasteiger partial charge in [-0.15, -0.1) is 0 Å². The van der Waals surface area contributed by atoms with Crippen LogP contribution in [0.4, 0.5) is 4.39 Å². The van der Waals surface area contributed by atoms with Crippen molar-refractivity contribution in [2.24, 2.45) is 0 Å². The lowest BCUT2D eigenvalue weighted by Crippen LogP contribution is -2.31. The van der Waals surface area contributed by atoms with Gasteiger partial charge in [0.25, 0.3) is 0 Å². The average Bonchev–Trinajstić information content (AvgIpc) is 3.07. The fourth-order valence-electron chi connectivity index (χ4n) is 4.14. The summed E-state index contributed by atoms with van der Waals surface area (Å²) in [6.07, 6.45) is 1.79. The summed E-state index contributed by atoms with van der Waals surface area (Å²) >= 11 is 0. The number of ether oxygens (including phenoxy) is 2. The Kier molecular flexibility index (Phi) is 4.83. The molecule has 2 aliphatic heterocycles. The second-order valence-electron chi connectivity index (χ2n) is 8.12. The zero-order chi connectivity index (χ0) is 21.5. The van der Waals surface area contributed by atoms with E-state index >= 15 is 0 Å². The van der Waals surface area contributed by atoms with Crippen LogP contribution in [0.25, 0.3) is 6.08 Å². The van der Waals surface area contributed by atoms with Crippen molar-refractivity contribution in [3.63, 3.8) is 0 Å².